The first kappa shape index (κ1) is 20.5. The highest BCUT2D eigenvalue weighted by Gasteiger charge is 2.20. The largest absolute Gasteiger partial charge is 0.466 e. The molecule has 3 aromatic rings. The van der Waals surface area contributed by atoms with Crippen LogP contribution < -0.4 is 5.73 Å². The van der Waals surface area contributed by atoms with Crippen molar-refractivity contribution in [3.63, 3.8) is 0 Å². The second-order valence-corrected chi connectivity index (χ2v) is 7.81. The lowest BCUT2D eigenvalue weighted by Crippen LogP contribution is -2.26. The lowest BCUT2D eigenvalue weighted by molar-refractivity contribution is -0.142. The summed E-state index contributed by atoms with van der Waals surface area (Å²) in [6.45, 7) is 7.62. The SMILES string of the molecule is CCOC(=O)Cc1cccc(-c2c(N)ccc3c2ccn3C(=O)OC(C)(C)C)c1. The molecule has 0 saturated carbocycles. The van der Waals surface area contributed by atoms with Gasteiger partial charge in [0.15, 0.2) is 0 Å². The van der Waals surface area contributed by atoms with Crippen molar-refractivity contribution in [3.05, 3.63) is 54.2 Å². The molecule has 29 heavy (non-hydrogen) atoms. The van der Waals surface area contributed by atoms with Crippen molar-refractivity contribution in [2.45, 2.75) is 39.7 Å². The summed E-state index contributed by atoms with van der Waals surface area (Å²) >= 11 is 0. The summed E-state index contributed by atoms with van der Waals surface area (Å²) in [6, 6.07) is 13.0. The van der Waals surface area contributed by atoms with Gasteiger partial charge in [-0.25, -0.2) is 4.79 Å². The number of carbonyl (C=O) groups excluding carboxylic acids is 2. The average molecular weight is 394 g/mol. The van der Waals surface area contributed by atoms with E-state index in [0.717, 1.165) is 22.1 Å². The van der Waals surface area contributed by atoms with Crippen molar-refractivity contribution >= 4 is 28.7 Å². The van der Waals surface area contributed by atoms with Gasteiger partial charge in [-0.1, -0.05) is 24.3 Å². The summed E-state index contributed by atoms with van der Waals surface area (Å²) in [5.41, 5.74) is 9.52. The third-order valence-corrected chi connectivity index (χ3v) is 4.36. The van der Waals surface area contributed by atoms with Crippen LogP contribution in [-0.2, 0) is 20.7 Å². The van der Waals surface area contributed by atoms with Gasteiger partial charge in [-0.2, -0.15) is 0 Å². The molecule has 0 aliphatic rings. The van der Waals surface area contributed by atoms with Crippen LogP contribution in [0, 0.1) is 0 Å². The summed E-state index contributed by atoms with van der Waals surface area (Å²) in [6.07, 6.45) is 1.43. The van der Waals surface area contributed by atoms with Crippen LogP contribution in [0.4, 0.5) is 10.5 Å². The van der Waals surface area contributed by atoms with Crippen molar-refractivity contribution in [1.29, 1.82) is 0 Å². The Labute approximate surface area is 170 Å². The first-order valence-corrected chi connectivity index (χ1v) is 9.57. The number of benzene rings is 2. The Morgan fingerprint density at radius 3 is 2.55 bits per heavy atom. The minimum atomic E-state index is -0.592. The van der Waals surface area contributed by atoms with E-state index in [1.807, 2.05) is 51.1 Å². The maximum atomic E-state index is 12.6. The lowest BCUT2D eigenvalue weighted by Gasteiger charge is -2.20. The minimum absolute atomic E-state index is 0.191. The molecular weight excluding hydrogens is 368 g/mol. The second-order valence-electron chi connectivity index (χ2n) is 7.81. The van der Waals surface area contributed by atoms with Crippen LogP contribution >= 0.6 is 0 Å². The van der Waals surface area contributed by atoms with E-state index in [4.69, 9.17) is 15.2 Å². The minimum Gasteiger partial charge on any atom is -0.466 e. The van der Waals surface area contributed by atoms with Gasteiger partial charge < -0.3 is 15.2 Å². The van der Waals surface area contributed by atoms with E-state index in [1.165, 1.54) is 4.57 Å². The quantitative estimate of drug-likeness (QED) is 0.509. The van der Waals surface area contributed by atoms with Gasteiger partial charge >= 0.3 is 12.1 Å². The zero-order chi connectivity index (χ0) is 21.2. The molecule has 0 atom stereocenters. The smallest absolute Gasteiger partial charge is 0.418 e. The van der Waals surface area contributed by atoms with Crippen LogP contribution in [0.1, 0.15) is 33.3 Å². The number of carbonyl (C=O) groups is 2. The fraction of sp³-hybridized carbons (Fsp3) is 0.304. The van der Waals surface area contributed by atoms with Crippen LogP contribution in [0.25, 0.3) is 22.0 Å². The number of fused-ring (bicyclic) bond motifs is 1. The van der Waals surface area contributed by atoms with E-state index in [-0.39, 0.29) is 12.4 Å². The van der Waals surface area contributed by atoms with Crippen molar-refractivity contribution in [1.82, 2.24) is 4.57 Å². The number of nitrogen functional groups attached to an aromatic ring is 1. The van der Waals surface area contributed by atoms with Gasteiger partial charge in [-0.3, -0.25) is 9.36 Å². The summed E-state index contributed by atoms with van der Waals surface area (Å²) in [5.74, 6) is -0.271. The highest BCUT2D eigenvalue weighted by atomic mass is 16.6. The van der Waals surface area contributed by atoms with Crippen molar-refractivity contribution < 1.29 is 19.1 Å². The summed E-state index contributed by atoms with van der Waals surface area (Å²) < 4.78 is 12.0. The highest BCUT2D eigenvalue weighted by molar-refractivity contribution is 6.04. The van der Waals surface area contributed by atoms with Crippen LogP contribution in [0.5, 0.6) is 0 Å². The van der Waals surface area contributed by atoms with Crippen molar-refractivity contribution in [2.24, 2.45) is 0 Å². The van der Waals surface area contributed by atoms with E-state index in [0.29, 0.717) is 17.8 Å². The highest BCUT2D eigenvalue weighted by Crippen LogP contribution is 2.35. The van der Waals surface area contributed by atoms with Gasteiger partial charge in [-0.05, 0) is 57.0 Å². The predicted molar refractivity (Wildman–Crippen MR) is 114 cm³/mol. The number of anilines is 1. The van der Waals surface area contributed by atoms with Gasteiger partial charge in [-0.15, -0.1) is 0 Å². The molecule has 0 unspecified atom stereocenters. The number of rotatable bonds is 4. The van der Waals surface area contributed by atoms with Crippen LogP contribution in [0.2, 0.25) is 0 Å². The van der Waals surface area contributed by atoms with E-state index in [2.05, 4.69) is 0 Å². The average Bonchev–Trinajstić information content (AvgIpc) is 3.04. The first-order valence-electron chi connectivity index (χ1n) is 9.57. The maximum Gasteiger partial charge on any atom is 0.418 e. The van der Waals surface area contributed by atoms with Gasteiger partial charge in [0, 0.05) is 22.8 Å². The molecule has 0 aliphatic carbocycles. The molecular formula is C23H26N2O4. The molecule has 2 aromatic carbocycles. The van der Waals surface area contributed by atoms with Gasteiger partial charge in [0.05, 0.1) is 18.5 Å². The predicted octanol–water partition coefficient (Wildman–Crippen LogP) is 4.78. The normalized spacial score (nSPS) is 11.4. The molecule has 0 saturated heterocycles. The van der Waals surface area contributed by atoms with Crippen LogP contribution in [0.15, 0.2) is 48.7 Å². The van der Waals surface area contributed by atoms with Crippen molar-refractivity contribution in [2.75, 3.05) is 12.3 Å². The molecule has 1 aromatic heterocycles. The molecule has 0 amide bonds. The fourth-order valence-electron chi connectivity index (χ4n) is 3.24. The monoisotopic (exact) mass is 394 g/mol. The Morgan fingerprint density at radius 2 is 1.86 bits per heavy atom. The topological polar surface area (TPSA) is 83.5 Å². The molecule has 6 nitrogen and oxygen atoms in total. The molecule has 6 heteroatoms. The summed E-state index contributed by atoms with van der Waals surface area (Å²) in [7, 11) is 0. The Balaban J connectivity index is 2.03. The van der Waals surface area contributed by atoms with E-state index in [9.17, 15) is 9.59 Å². The zero-order valence-electron chi connectivity index (χ0n) is 17.2. The first-order chi connectivity index (χ1) is 13.7. The molecule has 152 valence electrons. The number of aromatic nitrogens is 1. The maximum absolute atomic E-state index is 12.6. The van der Waals surface area contributed by atoms with E-state index < -0.39 is 11.7 Å². The standard InChI is InChI=1S/C23H26N2O4/c1-5-28-20(26)14-15-7-6-8-16(13-15)21-17-11-12-25(19(17)10-9-18(21)24)22(27)29-23(2,3)4/h6-13H,5,14,24H2,1-4H3. The van der Waals surface area contributed by atoms with Gasteiger partial charge in [0.25, 0.3) is 0 Å². The Kier molecular flexibility index (Phi) is 5.64. The van der Waals surface area contributed by atoms with Gasteiger partial charge in [0.1, 0.15) is 5.60 Å². The Morgan fingerprint density at radius 1 is 1.10 bits per heavy atom. The third kappa shape index (κ3) is 4.59. The molecule has 0 radical (unpaired) electrons. The van der Waals surface area contributed by atoms with E-state index in [1.54, 1.807) is 25.3 Å². The zero-order valence-corrected chi connectivity index (χ0v) is 17.2. The Hall–Kier alpha value is -3.28. The molecule has 1 heterocycles. The molecule has 0 fully saturated rings. The number of nitrogens with two attached hydrogens (primary N) is 1. The molecule has 2 N–H and O–H groups in total. The Bertz CT molecular complexity index is 1060. The molecule has 3 rings (SSSR count). The number of hydrogen-bond acceptors (Lipinski definition) is 5. The summed E-state index contributed by atoms with van der Waals surface area (Å²) in [4.78, 5) is 24.4. The van der Waals surface area contributed by atoms with Gasteiger partial charge in [0.2, 0.25) is 0 Å². The summed E-state index contributed by atoms with van der Waals surface area (Å²) in [5, 5.41) is 0.837. The lowest BCUT2D eigenvalue weighted by atomic mass is 9.97. The van der Waals surface area contributed by atoms with Crippen LogP contribution in [-0.4, -0.2) is 28.8 Å². The van der Waals surface area contributed by atoms with Crippen LogP contribution in [0.3, 0.4) is 0 Å². The molecule has 0 spiro atoms. The molecule has 0 bridgehead atoms. The second kappa shape index (κ2) is 7.99. The number of nitrogens with zero attached hydrogens (tertiary/aromatic N) is 1. The fourth-order valence-corrected chi connectivity index (χ4v) is 3.24. The molecule has 0 aliphatic heterocycles. The third-order valence-electron chi connectivity index (χ3n) is 4.36. The number of ether oxygens (including phenoxy) is 2. The van der Waals surface area contributed by atoms with Crippen molar-refractivity contribution in [3.8, 4) is 11.1 Å². The number of esters is 1. The number of hydrogen-bond donors (Lipinski definition) is 1. The van der Waals surface area contributed by atoms with E-state index >= 15 is 0 Å².